The first-order valence-corrected chi connectivity index (χ1v) is 5.83. The van der Waals surface area contributed by atoms with E-state index >= 15 is 0 Å². The highest BCUT2D eigenvalue weighted by Gasteiger charge is 2.13. The van der Waals surface area contributed by atoms with Crippen LogP contribution in [-0.4, -0.2) is 22.0 Å². The Bertz CT molecular complexity index is 500. The van der Waals surface area contributed by atoms with Crippen LogP contribution < -0.4 is 5.32 Å². The average Bonchev–Trinajstić information content (AvgIpc) is 2.82. The highest BCUT2D eigenvalue weighted by Crippen LogP contribution is 2.26. The van der Waals surface area contributed by atoms with E-state index in [1.807, 2.05) is 32.3 Å². The van der Waals surface area contributed by atoms with Crippen molar-refractivity contribution in [2.24, 2.45) is 0 Å². The van der Waals surface area contributed by atoms with E-state index in [0.717, 1.165) is 28.6 Å². The quantitative estimate of drug-likeness (QED) is 0.852. The molecular formula is C13H18N4. The summed E-state index contributed by atoms with van der Waals surface area (Å²) in [4.78, 5) is 12.4. The molecule has 2 rings (SSSR count). The van der Waals surface area contributed by atoms with Gasteiger partial charge in [-0.1, -0.05) is 13.8 Å². The third-order valence-corrected chi connectivity index (χ3v) is 2.77. The topological polar surface area (TPSA) is 53.6 Å². The first-order chi connectivity index (χ1) is 8.13. The van der Waals surface area contributed by atoms with Crippen molar-refractivity contribution in [3.8, 4) is 11.4 Å². The zero-order chi connectivity index (χ0) is 12.4. The number of nitrogens with one attached hydrogen (secondary N) is 2. The van der Waals surface area contributed by atoms with Crippen LogP contribution in [0.3, 0.4) is 0 Å². The maximum absolute atomic E-state index is 4.64. The smallest absolute Gasteiger partial charge is 0.134 e. The van der Waals surface area contributed by atoms with Gasteiger partial charge in [0.15, 0.2) is 0 Å². The molecule has 0 saturated heterocycles. The fourth-order valence-electron chi connectivity index (χ4n) is 1.78. The second-order valence-electron chi connectivity index (χ2n) is 4.39. The Morgan fingerprint density at radius 3 is 2.59 bits per heavy atom. The maximum atomic E-state index is 4.64. The number of nitrogens with zero attached hydrogens (tertiary/aromatic N) is 2. The Balaban J connectivity index is 2.61. The minimum Gasteiger partial charge on any atom is -0.373 e. The van der Waals surface area contributed by atoms with Gasteiger partial charge in [0, 0.05) is 24.7 Å². The van der Waals surface area contributed by atoms with E-state index in [2.05, 4.69) is 34.1 Å². The highest BCUT2D eigenvalue weighted by atomic mass is 15.0. The molecule has 0 aromatic carbocycles. The van der Waals surface area contributed by atoms with Crippen molar-refractivity contribution < 1.29 is 0 Å². The molecule has 0 radical (unpaired) electrons. The Morgan fingerprint density at radius 1 is 1.29 bits per heavy atom. The van der Waals surface area contributed by atoms with E-state index in [1.165, 1.54) is 0 Å². The van der Waals surface area contributed by atoms with Crippen molar-refractivity contribution in [1.29, 1.82) is 0 Å². The number of aromatic amines is 1. The lowest BCUT2D eigenvalue weighted by atomic mass is 10.1. The number of aromatic nitrogens is 3. The van der Waals surface area contributed by atoms with Crippen molar-refractivity contribution in [3.63, 3.8) is 0 Å². The molecule has 0 aliphatic rings. The average molecular weight is 230 g/mol. The summed E-state index contributed by atoms with van der Waals surface area (Å²) in [6.45, 7) is 6.23. The van der Waals surface area contributed by atoms with E-state index in [-0.39, 0.29) is 0 Å². The van der Waals surface area contributed by atoms with Gasteiger partial charge in [0.2, 0.25) is 0 Å². The molecule has 17 heavy (non-hydrogen) atoms. The van der Waals surface area contributed by atoms with Crippen LogP contribution in [0.2, 0.25) is 0 Å². The summed E-state index contributed by atoms with van der Waals surface area (Å²) in [5, 5.41) is 3.13. The van der Waals surface area contributed by atoms with Crippen LogP contribution >= 0.6 is 0 Å². The molecule has 0 fully saturated rings. The first-order valence-electron chi connectivity index (χ1n) is 5.83. The summed E-state index contributed by atoms with van der Waals surface area (Å²) < 4.78 is 0. The molecular weight excluding hydrogens is 212 g/mol. The molecule has 2 aromatic rings. The zero-order valence-electron chi connectivity index (χ0n) is 10.7. The lowest BCUT2D eigenvalue weighted by Crippen LogP contribution is -2.06. The maximum Gasteiger partial charge on any atom is 0.134 e. The molecule has 0 aliphatic carbocycles. The van der Waals surface area contributed by atoms with Crippen LogP contribution in [-0.2, 0) is 0 Å². The van der Waals surface area contributed by atoms with Crippen molar-refractivity contribution in [1.82, 2.24) is 15.0 Å². The lowest BCUT2D eigenvalue weighted by molar-refractivity contribution is 0.774. The second-order valence-corrected chi connectivity index (χ2v) is 4.39. The fraction of sp³-hybridized carbons (Fsp3) is 0.385. The molecule has 2 heterocycles. The summed E-state index contributed by atoms with van der Waals surface area (Å²) in [5.41, 5.74) is 3.07. The first kappa shape index (κ1) is 11.6. The van der Waals surface area contributed by atoms with Gasteiger partial charge in [0.05, 0.1) is 11.4 Å². The van der Waals surface area contributed by atoms with E-state index < -0.39 is 0 Å². The van der Waals surface area contributed by atoms with E-state index in [4.69, 9.17) is 0 Å². The lowest BCUT2D eigenvalue weighted by Gasteiger charge is -2.13. The molecule has 0 saturated carbocycles. The van der Waals surface area contributed by atoms with Gasteiger partial charge in [0.1, 0.15) is 11.6 Å². The predicted octanol–water partition coefficient (Wildman–Crippen LogP) is 2.95. The standard InChI is InChI=1S/C13H18N4/c1-8(2)12-16-11(10-6-5-7-15-10)9(3)13(14-4)17-12/h5-8,15H,1-4H3,(H,14,16,17). The van der Waals surface area contributed by atoms with Crippen molar-refractivity contribution in [2.45, 2.75) is 26.7 Å². The third-order valence-electron chi connectivity index (χ3n) is 2.77. The predicted molar refractivity (Wildman–Crippen MR) is 70.2 cm³/mol. The highest BCUT2D eigenvalue weighted by molar-refractivity contribution is 5.65. The summed E-state index contributed by atoms with van der Waals surface area (Å²) in [6.07, 6.45) is 1.91. The zero-order valence-corrected chi connectivity index (χ0v) is 10.7. The fourth-order valence-corrected chi connectivity index (χ4v) is 1.78. The van der Waals surface area contributed by atoms with Crippen molar-refractivity contribution in [2.75, 3.05) is 12.4 Å². The van der Waals surface area contributed by atoms with Crippen LogP contribution in [0.5, 0.6) is 0 Å². The van der Waals surface area contributed by atoms with E-state index in [9.17, 15) is 0 Å². The molecule has 2 N–H and O–H groups in total. The van der Waals surface area contributed by atoms with Crippen LogP contribution in [0.1, 0.15) is 31.2 Å². The number of rotatable bonds is 3. The Kier molecular flexibility index (Phi) is 3.13. The van der Waals surface area contributed by atoms with E-state index in [1.54, 1.807) is 0 Å². The molecule has 0 aliphatic heterocycles. The normalized spacial score (nSPS) is 10.9. The van der Waals surface area contributed by atoms with Crippen LogP contribution in [0.4, 0.5) is 5.82 Å². The Hall–Kier alpha value is -1.84. The van der Waals surface area contributed by atoms with Gasteiger partial charge >= 0.3 is 0 Å². The minimum atomic E-state index is 0.316. The Morgan fingerprint density at radius 2 is 2.06 bits per heavy atom. The van der Waals surface area contributed by atoms with Crippen LogP contribution in [0.15, 0.2) is 18.3 Å². The number of hydrogen-bond acceptors (Lipinski definition) is 3. The molecule has 90 valence electrons. The van der Waals surface area contributed by atoms with Crippen molar-refractivity contribution in [3.05, 3.63) is 29.7 Å². The largest absolute Gasteiger partial charge is 0.373 e. The molecule has 4 nitrogen and oxygen atoms in total. The summed E-state index contributed by atoms with van der Waals surface area (Å²) in [6, 6.07) is 4.00. The summed E-state index contributed by atoms with van der Waals surface area (Å²) in [7, 11) is 1.89. The van der Waals surface area contributed by atoms with Gasteiger partial charge in [-0.05, 0) is 19.1 Å². The molecule has 0 unspecified atom stereocenters. The van der Waals surface area contributed by atoms with E-state index in [0.29, 0.717) is 5.92 Å². The number of hydrogen-bond donors (Lipinski definition) is 2. The minimum absolute atomic E-state index is 0.316. The summed E-state index contributed by atoms with van der Waals surface area (Å²) in [5.74, 6) is 2.08. The summed E-state index contributed by atoms with van der Waals surface area (Å²) >= 11 is 0. The molecule has 0 atom stereocenters. The second kappa shape index (κ2) is 4.57. The Labute approximate surface area is 102 Å². The number of H-pyrrole nitrogens is 1. The SMILES string of the molecule is CNc1nc(C(C)C)nc(-c2ccc[nH]2)c1C. The van der Waals surface area contributed by atoms with Crippen LogP contribution in [0.25, 0.3) is 11.4 Å². The molecule has 0 bridgehead atoms. The van der Waals surface area contributed by atoms with Gasteiger partial charge in [0.25, 0.3) is 0 Å². The molecule has 4 heteroatoms. The van der Waals surface area contributed by atoms with Gasteiger partial charge in [-0.25, -0.2) is 9.97 Å². The number of anilines is 1. The van der Waals surface area contributed by atoms with Crippen molar-refractivity contribution >= 4 is 5.82 Å². The third kappa shape index (κ3) is 2.16. The van der Waals surface area contributed by atoms with Gasteiger partial charge in [-0.3, -0.25) is 0 Å². The molecule has 0 amide bonds. The van der Waals surface area contributed by atoms with Gasteiger partial charge in [-0.15, -0.1) is 0 Å². The molecule has 0 spiro atoms. The van der Waals surface area contributed by atoms with Gasteiger partial charge in [-0.2, -0.15) is 0 Å². The monoisotopic (exact) mass is 230 g/mol. The van der Waals surface area contributed by atoms with Crippen LogP contribution in [0, 0.1) is 6.92 Å². The van der Waals surface area contributed by atoms with Gasteiger partial charge < -0.3 is 10.3 Å². The molecule has 2 aromatic heterocycles.